The van der Waals surface area contributed by atoms with Crippen LogP contribution in [0.4, 0.5) is 15.8 Å². The lowest BCUT2D eigenvalue weighted by Gasteiger charge is -2.27. The Morgan fingerprint density at radius 1 is 1.13 bits per heavy atom. The molecule has 0 aliphatic carbocycles. The summed E-state index contributed by atoms with van der Waals surface area (Å²) in [5.74, 6) is -0.310. The molecular weight excluding hydrogens is 299 g/mol. The number of pyridine rings is 1. The molecule has 3 N–H and O–H groups in total. The van der Waals surface area contributed by atoms with Gasteiger partial charge in [0.25, 0.3) is 0 Å². The first-order valence-electron chi connectivity index (χ1n) is 7.09. The van der Waals surface area contributed by atoms with Crippen LogP contribution in [-0.4, -0.2) is 15.6 Å². The predicted octanol–water partition coefficient (Wildman–Crippen LogP) is 2.14. The second-order valence-electron chi connectivity index (χ2n) is 5.39. The Kier molecular flexibility index (Phi) is 3.67. The van der Waals surface area contributed by atoms with Crippen molar-refractivity contribution in [3.63, 3.8) is 0 Å². The van der Waals surface area contributed by atoms with Crippen LogP contribution in [0, 0.1) is 12.7 Å². The van der Waals surface area contributed by atoms with Gasteiger partial charge in [-0.05, 0) is 49.1 Å². The molecule has 0 atom stereocenters. The molecule has 0 unspecified atom stereocenters. The molecule has 2 aliphatic rings. The highest BCUT2D eigenvalue weighted by atomic mass is 19.1. The van der Waals surface area contributed by atoms with Crippen molar-refractivity contribution in [2.45, 2.75) is 19.8 Å². The number of nitrogens with zero attached hydrogens (tertiary/aromatic N) is 4. The van der Waals surface area contributed by atoms with Crippen LogP contribution in [0.1, 0.15) is 17.7 Å². The van der Waals surface area contributed by atoms with Gasteiger partial charge in [-0.25, -0.2) is 14.4 Å². The molecule has 6 nitrogen and oxygen atoms in total. The molecule has 0 spiro atoms. The average Bonchev–Trinajstić information content (AvgIpc) is 2.85. The lowest BCUT2D eigenvalue weighted by molar-refractivity contribution is 0.385. The van der Waals surface area contributed by atoms with Crippen molar-refractivity contribution in [3.8, 4) is 0 Å². The van der Waals surface area contributed by atoms with Gasteiger partial charge >= 0.3 is 0 Å². The van der Waals surface area contributed by atoms with E-state index in [0.717, 1.165) is 11.3 Å². The van der Waals surface area contributed by atoms with Gasteiger partial charge < -0.3 is 10.6 Å². The van der Waals surface area contributed by atoms with Crippen molar-refractivity contribution in [2.24, 2.45) is 0 Å². The van der Waals surface area contributed by atoms with Crippen LogP contribution < -0.4 is 15.6 Å². The van der Waals surface area contributed by atoms with Crippen LogP contribution in [0.15, 0.2) is 48.1 Å². The summed E-state index contributed by atoms with van der Waals surface area (Å²) in [5, 5.41) is 13.3. The minimum atomic E-state index is -0.338. The van der Waals surface area contributed by atoms with Crippen LogP contribution in [0.3, 0.4) is 0 Å². The molecular formula is C16H16FN4O2. The quantitative estimate of drug-likeness (QED) is 0.873. The summed E-state index contributed by atoms with van der Waals surface area (Å²) in [7, 11) is 0. The van der Waals surface area contributed by atoms with Crippen LogP contribution in [-0.2, 0) is 6.42 Å². The van der Waals surface area contributed by atoms with Gasteiger partial charge in [-0.15, -0.1) is 0 Å². The summed E-state index contributed by atoms with van der Waals surface area (Å²) < 4.78 is 14.2. The Hall–Kier alpha value is -2.64. The highest BCUT2D eigenvalue weighted by Gasteiger charge is 2.37. The third-order valence-corrected chi connectivity index (χ3v) is 3.95. The first-order valence-corrected chi connectivity index (χ1v) is 7.09. The number of aliphatic hydroxyl groups is 1. The number of rotatable bonds is 1. The number of allylic oxidation sites excluding steroid dienone is 1. The molecule has 3 heterocycles. The van der Waals surface area contributed by atoms with E-state index in [4.69, 9.17) is 0 Å². The maximum absolute atomic E-state index is 14.2. The molecule has 1 radical (unpaired) electrons. The number of hydrogen-bond donors (Lipinski definition) is 1. The van der Waals surface area contributed by atoms with Gasteiger partial charge in [0, 0.05) is 5.69 Å². The van der Waals surface area contributed by atoms with Crippen LogP contribution in [0.25, 0.3) is 0 Å². The lowest BCUT2D eigenvalue weighted by atomic mass is 10.0. The molecule has 0 saturated carbocycles. The number of anilines is 2. The highest BCUT2D eigenvalue weighted by molar-refractivity contribution is 5.66. The van der Waals surface area contributed by atoms with Crippen molar-refractivity contribution in [3.05, 3.63) is 65.2 Å². The molecule has 23 heavy (non-hydrogen) atoms. The van der Waals surface area contributed by atoms with E-state index < -0.39 is 0 Å². The zero-order valence-electron chi connectivity index (χ0n) is 12.5. The first kappa shape index (κ1) is 15.3. The number of benzene rings is 1. The normalized spacial score (nSPS) is 16.1. The third-order valence-electron chi connectivity index (χ3n) is 3.95. The van der Waals surface area contributed by atoms with Gasteiger partial charge in [-0.3, -0.25) is 4.98 Å². The Morgan fingerprint density at radius 3 is 2.70 bits per heavy atom. The number of aryl methyl sites for hydroxylation is 2. The molecule has 1 aromatic carbocycles. The first-order chi connectivity index (χ1) is 10.6. The van der Waals surface area contributed by atoms with E-state index in [9.17, 15) is 9.50 Å². The molecule has 1 aromatic heterocycles. The van der Waals surface area contributed by atoms with Gasteiger partial charge in [0.2, 0.25) is 5.88 Å². The predicted molar refractivity (Wildman–Crippen MR) is 84.1 cm³/mol. The van der Waals surface area contributed by atoms with Crippen molar-refractivity contribution in [2.75, 3.05) is 10.0 Å². The molecule has 0 fully saturated rings. The van der Waals surface area contributed by atoms with E-state index in [1.54, 1.807) is 12.3 Å². The van der Waals surface area contributed by atoms with Crippen LogP contribution in [0.2, 0.25) is 0 Å². The fourth-order valence-corrected chi connectivity index (χ4v) is 2.81. The number of fused-ring (bicyclic) bond motifs is 3. The number of hydrogen-bond acceptors (Lipinski definition) is 4. The van der Waals surface area contributed by atoms with Gasteiger partial charge in [0.1, 0.15) is 17.2 Å². The Balaban J connectivity index is 0.00000156. The van der Waals surface area contributed by atoms with Gasteiger partial charge in [0.15, 0.2) is 0 Å². The summed E-state index contributed by atoms with van der Waals surface area (Å²) in [5.41, 5.74) is 7.79. The van der Waals surface area contributed by atoms with E-state index in [1.165, 1.54) is 16.1 Å². The van der Waals surface area contributed by atoms with Crippen LogP contribution >= 0.6 is 0 Å². The van der Waals surface area contributed by atoms with E-state index >= 15 is 0 Å². The maximum atomic E-state index is 14.2. The zero-order valence-corrected chi connectivity index (χ0v) is 12.5. The van der Waals surface area contributed by atoms with E-state index in [1.807, 2.05) is 25.1 Å². The average molecular weight is 315 g/mol. The second kappa shape index (κ2) is 5.53. The minimum absolute atomic E-state index is 0. The monoisotopic (exact) mass is 315 g/mol. The Labute approximate surface area is 132 Å². The fraction of sp³-hybridized carbons (Fsp3) is 0.188. The summed E-state index contributed by atoms with van der Waals surface area (Å²) in [4.78, 5) is 4.21. The number of aliphatic hydroxyl groups excluding tert-OH is 1. The van der Waals surface area contributed by atoms with E-state index in [0.29, 0.717) is 29.9 Å². The largest absolute Gasteiger partial charge is 0.492 e. The minimum Gasteiger partial charge on any atom is -0.492 e. The smallest absolute Gasteiger partial charge is 0.231 e. The van der Waals surface area contributed by atoms with Crippen LogP contribution in [0.5, 0.6) is 0 Å². The highest BCUT2D eigenvalue weighted by Crippen LogP contribution is 2.39. The molecule has 2 aliphatic heterocycles. The van der Waals surface area contributed by atoms with Crippen molar-refractivity contribution >= 4 is 11.4 Å². The topological polar surface area (TPSA) is 85.2 Å². The molecule has 4 rings (SSSR count). The number of para-hydroxylation sites is 1. The summed E-state index contributed by atoms with van der Waals surface area (Å²) in [6.45, 7) is 1.89. The molecule has 0 amide bonds. The van der Waals surface area contributed by atoms with Crippen molar-refractivity contribution < 1.29 is 15.0 Å². The third kappa shape index (κ3) is 2.30. The SMILES string of the molecule is Cc1ccc(N2[N]N3C(=C2O)CCc2cccc(F)c23)cn1.O. The summed E-state index contributed by atoms with van der Waals surface area (Å²) in [6.07, 6.45) is 2.93. The van der Waals surface area contributed by atoms with E-state index in [-0.39, 0.29) is 17.2 Å². The standard InChI is InChI=1S/C16H14FN4O.H2O/c1-10-5-7-12(9-18-10)20-16(22)14-8-6-11-3-2-4-13(17)15(11)21(14)19-20;/h2-5,7,9,22H,6,8H2,1H3;1H2. The molecule has 0 bridgehead atoms. The van der Waals surface area contributed by atoms with Gasteiger partial charge in [0.05, 0.1) is 11.9 Å². The zero-order chi connectivity index (χ0) is 15.3. The van der Waals surface area contributed by atoms with Crippen molar-refractivity contribution in [1.29, 1.82) is 0 Å². The maximum Gasteiger partial charge on any atom is 0.231 e. The lowest BCUT2D eigenvalue weighted by Crippen LogP contribution is -2.37. The molecule has 119 valence electrons. The summed E-state index contributed by atoms with van der Waals surface area (Å²) in [6, 6.07) is 8.65. The Bertz CT molecular complexity index is 776. The summed E-state index contributed by atoms with van der Waals surface area (Å²) >= 11 is 0. The fourth-order valence-electron chi connectivity index (χ4n) is 2.81. The molecule has 2 aromatic rings. The number of aromatic nitrogens is 1. The van der Waals surface area contributed by atoms with Crippen molar-refractivity contribution in [1.82, 2.24) is 10.5 Å². The Morgan fingerprint density at radius 2 is 1.96 bits per heavy atom. The molecule has 7 heteroatoms. The van der Waals surface area contributed by atoms with Gasteiger partial charge in [-0.2, -0.15) is 0 Å². The van der Waals surface area contributed by atoms with Gasteiger partial charge in [-0.1, -0.05) is 12.1 Å². The van der Waals surface area contributed by atoms with E-state index in [2.05, 4.69) is 10.5 Å². The number of halogens is 1. The molecule has 0 saturated heterocycles. The second-order valence-corrected chi connectivity index (χ2v) is 5.39.